The Morgan fingerprint density at radius 3 is 2.84 bits per heavy atom. The molecule has 6 nitrogen and oxygen atoms in total. The standard InChI is InChI=1S/C18H14ClN5O/c1-9-2-3-10(19)6-12(9)15-13(17(20)25)7-14(24-15)16-11-4-5-21-18(11)23-8-22-16/h2-8,24H,1H3,(H2,20,25)(H,21,22,23). The Labute approximate surface area is 148 Å². The number of nitrogens with zero attached hydrogens (tertiary/aromatic N) is 2. The van der Waals surface area contributed by atoms with Gasteiger partial charge in [-0.05, 0) is 36.8 Å². The number of aryl methyl sites for hydroxylation is 1. The second-order valence-corrected chi connectivity index (χ2v) is 6.19. The number of rotatable bonds is 3. The Morgan fingerprint density at radius 2 is 2.04 bits per heavy atom. The molecule has 0 bridgehead atoms. The van der Waals surface area contributed by atoms with Gasteiger partial charge in [0, 0.05) is 22.2 Å². The van der Waals surface area contributed by atoms with Gasteiger partial charge in [-0.2, -0.15) is 0 Å². The van der Waals surface area contributed by atoms with E-state index in [4.69, 9.17) is 17.3 Å². The van der Waals surface area contributed by atoms with Gasteiger partial charge < -0.3 is 15.7 Å². The third-order valence-corrected chi connectivity index (χ3v) is 4.40. The zero-order chi connectivity index (χ0) is 17.6. The van der Waals surface area contributed by atoms with E-state index in [1.54, 1.807) is 12.3 Å². The zero-order valence-corrected chi connectivity index (χ0v) is 14.1. The maximum Gasteiger partial charge on any atom is 0.250 e. The van der Waals surface area contributed by atoms with Gasteiger partial charge in [-0.3, -0.25) is 4.79 Å². The number of aromatic amines is 2. The molecule has 3 heterocycles. The number of benzene rings is 1. The predicted molar refractivity (Wildman–Crippen MR) is 97.4 cm³/mol. The molecule has 0 unspecified atom stereocenters. The van der Waals surface area contributed by atoms with E-state index < -0.39 is 5.91 Å². The first-order valence-electron chi connectivity index (χ1n) is 7.62. The van der Waals surface area contributed by atoms with E-state index in [1.807, 2.05) is 31.2 Å². The molecule has 4 aromatic rings. The topological polar surface area (TPSA) is 100 Å². The Balaban J connectivity index is 1.97. The number of amides is 1. The van der Waals surface area contributed by atoms with Crippen molar-refractivity contribution in [3.8, 4) is 22.6 Å². The van der Waals surface area contributed by atoms with E-state index in [1.165, 1.54) is 6.33 Å². The fourth-order valence-corrected chi connectivity index (χ4v) is 3.11. The minimum Gasteiger partial charge on any atom is -0.366 e. The highest BCUT2D eigenvalue weighted by Gasteiger charge is 2.19. The van der Waals surface area contributed by atoms with Crippen molar-refractivity contribution in [1.82, 2.24) is 19.9 Å². The van der Waals surface area contributed by atoms with Crippen molar-refractivity contribution in [1.29, 1.82) is 0 Å². The lowest BCUT2D eigenvalue weighted by atomic mass is 10.0. The lowest BCUT2D eigenvalue weighted by molar-refractivity contribution is 0.100. The van der Waals surface area contributed by atoms with E-state index in [0.29, 0.717) is 27.7 Å². The second-order valence-electron chi connectivity index (χ2n) is 5.76. The van der Waals surface area contributed by atoms with E-state index in [-0.39, 0.29) is 0 Å². The van der Waals surface area contributed by atoms with Crippen molar-refractivity contribution in [3.05, 3.63) is 59.0 Å². The highest BCUT2D eigenvalue weighted by Crippen LogP contribution is 2.33. The second kappa shape index (κ2) is 5.75. The van der Waals surface area contributed by atoms with Gasteiger partial charge in [0.15, 0.2) is 0 Å². The number of aromatic nitrogens is 4. The molecule has 0 fully saturated rings. The van der Waals surface area contributed by atoms with Gasteiger partial charge in [0.1, 0.15) is 12.0 Å². The molecule has 1 aromatic carbocycles. The number of fused-ring (bicyclic) bond motifs is 1. The molecule has 0 saturated heterocycles. The minimum absolute atomic E-state index is 0.391. The fourth-order valence-electron chi connectivity index (χ4n) is 2.94. The molecule has 0 aliphatic heterocycles. The monoisotopic (exact) mass is 351 g/mol. The van der Waals surface area contributed by atoms with Crippen LogP contribution in [0.2, 0.25) is 5.02 Å². The van der Waals surface area contributed by atoms with Crippen molar-refractivity contribution in [2.24, 2.45) is 5.73 Å². The van der Waals surface area contributed by atoms with Crippen molar-refractivity contribution in [2.45, 2.75) is 6.92 Å². The number of primary amides is 1. The molecule has 0 aliphatic rings. The van der Waals surface area contributed by atoms with E-state index >= 15 is 0 Å². The van der Waals surface area contributed by atoms with E-state index in [0.717, 1.165) is 22.2 Å². The highest BCUT2D eigenvalue weighted by atomic mass is 35.5. The van der Waals surface area contributed by atoms with Crippen LogP contribution in [0.25, 0.3) is 33.7 Å². The summed E-state index contributed by atoms with van der Waals surface area (Å²) in [5.74, 6) is -0.517. The van der Waals surface area contributed by atoms with E-state index in [9.17, 15) is 4.79 Å². The molecular formula is C18H14ClN5O. The Bertz CT molecular complexity index is 1110. The third kappa shape index (κ3) is 2.56. The number of H-pyrrole nitrogens is 2. The number of hydrogen-bond acceptors (Lipinski definition) is 3. The van der Waals surface area contributed by atoms with E-state index in [2.05, 4.69) is 19.9 Å². The molecule has 0 atom stereocenters. The molecular weight excluding hydrogens is 338 g/mol. The molecule has 4 N–H and O–H groups in total. The third-order valence-electron chi connectivity index (χ3n) is 4.16. The molecule has 0 radical (unpaired) electrons. The van der Waals surface area contributed by atoms with Crippen molar-refractivity contribution in [2.75, 3.05) is 0 Å². The number of nitrogens with one attached hydrogen (secondary N) is 2. The summed E-state index contributed by atoms with van der Waals surface area (Å²) in [7, 11) is 0. The minimum atomic E-state index is -0.517. The highest BCUT2D eigenvalue weighted by molar-refractivity contribution is 6.31. The summed E-state index contributed by atoms with van der Waals surface area (Å²) in [6, 6.07) is 9.12. The quantitative estimate of drug-likeness (QED) is 0.524. The maximum absolute atomic E-state index is 12.0. The Morgan fingerprint density at radius 1 is 1.20 bits per heavy atom. The first-order chi connectivity index (χ1) is 12.0. The molecule has 0 aliphatic carbocycles. The van der Waals surface area contributed by atoms with Crippen LogP contribution in [0, 0.1) is 6.92 Å². The summed E-state index contributed by atoms with van der Waals surface area (Å²) >= 11 is 6.13. The number of nitrogens with two attached hydrogens (primary N) is 1. The van der Waals surface area contributed by atoms with Gasteiger partial charge in [0.25, 0.3) is 5.91 Å². The van der Waals surface area contributed by atoms with Gasteiger partial charge >= 0.3 is 0 Å². The SMILES string of the molecule is Cc1ccc(Cl)cc1-c1[nH]c(-c2ncnc3[nH]ccc23)cc1C(N)=O. The van der Waals surface area contributed by atoms with Crippen LogP contribution in [0.5, 0.6) is 0 Å². The van der Waals surface area contributed by atoms with Gasteiger partial charge in [0.05, 0.1) is 22.6 Å². The smallest absolute Gasteiger partial charge is 0.250 e. The molecule has 124 valence electrons. The maximum atomic E-state index is 12.0. The van der Waals surface area contributed by atoms with Gasteiger partial charge in [-0.25, -0.2) is 9.97 Å². The van der Waals surface area contributed by atoms with Crippen LogP contribution in [-0.4, -0.2) is 25.8 Å². The molecule has 1 amide bonds. The molecule has 7 heteroatoms. The first kappa shape index (κ1) is 15.4. The van der Waals surface area contributed by atoms with Crippen LogP contribution in [0.4, 0.5) is 0 Å². The average molecular weight is 352 g/mol. The average Bonchev–Trinajstić information content (AvgIpc) is 3.23. The van der Waals surface area contributed by atoms with Crippen molar-refractivity contribution < 1.29 is 4.79 Å². The molecule has 0 spiro atoms. The zero-order valence-electron chi connectivity index (χ0n) is 13.3. The largest absolute Gasteiger partial charge is 0.366 e. The fraction of sp³-hybridized carbons (Fsp3) is 0.0556. The number of carbonyl (C=O) groups is 1. The lowest BCUT2D eigenvalue weighted by Crippen LogP contribution is -2.11. The van der Waals surface area contributed by atoms with Gasteiger partial charge in [-0.15, -0.1) is 0 Å². The molecule has 0 saturated carbocycles. The summed E-state index contributed by atoms with van der Waals surface area (Å²) in [6.07, 6.45) is 3.27. The molecule has 4 rings (SSSR count). The summed E-state index contributed by atoms with van der Waals surface area (Å²) < 4.78 is 0. The molecule has 3 aromatic heterocycles. The van der Waals surface area contributed by atoms with Crippen LogP contribution < -0.4 is 5.73 Å². The lowest BCUT2D eigenvalue weighted by Gasteiger charge is -2.06. The van der Waals surface area contributed by atoms with Crippen LogP contribution in [0.3, 0.4) is 0 Å². The van der Waals surface area contributed by atoms with Gasteiger partial charge in [-0.1, -0.05) is 17.7 Å². The molecule has 25 heavy (non-hydrogen) atoms. The number of halogens is 1. The summed E-state index contributed by atoms with van der Waals surface area (Å²) in [6.45, 7) is 1.95. The van der Waals surface area contributed by atoms with Crippen LogP contribution in [-0.2, 0) is 0 Å². The van der Waals surface area contributed by atoms with Crippen molar-refractivity contribution in [3.63, 3.8) is 0 Å². The Kier molecular flexibility index (Phi) is 3.54. The normalized spacial score (nSPS) is 11.1. The van der Waals surface area contributed by atoms with Gasteiger partial charge in [0.2, 0.25) is 0 Å². The first-order valence-corrected chi connectivity index (χ1v) is 8.00. The number of carbonyl (C=O) groups excluding carboxylic acids is 1. The van der Waals surface area contributed by atoms with Crippen LogP contribution >= 0.6 is 11.6 Å². The van der Waals surface area contributed by atoms with Crippen LogP contribution in [0.15, 0.2) is 42.9 Å². The Hall–Kier alpha value is -3.12. The summed E-state index contributed by atoms with van der Waals surface area (Å²) in [5, 5.41) is 1.44. The van der Waals surface area contributed by atoms with Crippen LogP contribution in [0.1, 0.15) is 15.9 Å². The predicted octanol–water partition coefficient (Wildman–Crippen LogP) is 3.68. The number of hydrogen-bond donors (Lipinski definition) is 3. The summed E-state index contributed by atoms with van der Waals surface area (Å²) in [5.41, 5.74) is 10.5. The summed E-state index contributed by atoms with van der Waals surface area (Å²) in [4.78, 5) is 26.9. The van der Waals surface area contributed by atoms with Crippen molar-refractivity contribution >= 4 is 28.5 Å².